The number of nitrogens with zero attached hydrogens (tertiary/aromatic N) is 3. The lowest BCUT2D eigenvalue weighted by molar-refractivity contribution is -0.133. The van der Waals surface area contributed by atoms with Gasteiger partial charge in [0.05, 0.1) is 29.6 Å². The highest BCUT2D eigenvalue weighted by Crippen LogP contribution is 2.21. The zero-order valence-corrected chi connectivity index (χ0v) is 15.6. The van der Waals surface area contributed by atoms with E-state index in [0.717, 1.165) is 40.8 Å². The number of hydrogen-bond acceptors (Lipinski definition) is 6. The summed E-state index contributed by atoms with van der Waals surface area (Å²) in [4.78, 5) is 22.4. The van der Waals surface area contributed by atoms with E-state index in [-0.39, 0.29) is 18.6 Å². The number of thiazole rings is 1. The smallest absolute Gasteiger partial charge is 0.227 e. The van der Waals surface area contributed by atoms with E-state index in [9.17, 15) is 9.90 Å². The Morgan fingerprint density at radius 2 is 2.28 bits per heavy atom. The summed E-state index contributed by atoms with van der Waals surface area (Å²) in [7, 11) is 0. The van der Waals surface area contributed by atoms with Crippen molar-refractivity contribution in [2.24, 2.45) is 0 Å². The van der Waals surface area contributed by atoms with Crippen molar-refractivity contribution in [1.82, 2.24) is 14.8 Å². The van der Waals surface area contributed by atoms with Crippen LogP contribution in [0.25, 0.3) is 0 Å². The fourth-order valence-electron chi connectivity index (χ4n) is 3.35. The van der Waals surface area contributed by atoms with Crippen LogP contribution in [0.4, 0.5) is 0 Å². The van der Waals surface area contributed by atoms with Crippen molar-refractivity contribution in [1.29, 1.82) is 0 Å². The number of aliphatic hydroxyl groups is 1. The fourth-order valence-corrected chi connectivity index (χ4v) is 4.28. The first-order valence-electron chi connectivity index (χ1n) is 8.63. The lowest BCUT2D eigenvalue weighted by Gasteiger charge is -2.41. The minimum Gasteiger partial charge on any atom is -0.472 e. The second-order valence-electron chi connectivity index (χ2n) is 6.53. The Hall–Kier alpha value is -1.70. The van der Waals surface area contributed by atoms with Gasteiger partial charge < -0.3 is 14.4 Å². The average Bonchev–Trinajstić information content (AvgIpc) is 3.19. The first kappa shape index (κ1) is 18.1. The van der Waals surface area contributed by atoms with Gasteiger partial charge in [-0.05, 0) is 26.3 Å². The van der Waals surface area contributed by atoms with E-state index in [2.05, 4.69) is 9.88 Å². The van der Waals surface area contributed by atoms with Crippen LogP contribution in [0.3, 0.4) is 0 Å². The predicted octanol–water partition coefficient (Wildman–Crippen LogP) is 1.99. The molecule has 0 radical (unpaired) electrons. The molecule has 1 fully saturated rings. The molecule has 1 N–H and O–H groups in total. The number of aliphatic hydroxyl groups excluding tert-OH is 1. The van der Waals surface area contributed by atoms with Gasteiger partial charge in [-0.1, -0.05) is 0 Å². The van der Waals surface area contributed by atoms with Crippen molar-refractivity contribution in [3.05, 3.63) is 39.7 Å². The second kappa shape index (κ2) is 8.12. The zero-order valence-electron chi connectivity index (χ0n) is 14.8. The Morgan fingerprint density at radius 1 is 1.44 bits per heavy atom. The van der Waals surface area contributed by atoms with Crippen LogP contribution in [-0.2, 0) is 17.8 Å². The van der Waals surface area contributed by atoms with Crippen molar-refractivity contribution in [3.8, 4) is 0 Å². The maximum atomic E-state index is 12.7. The van der Waals surface area contributed by atoms with Gasteiger partial charge in [-0.15, -0.1) is 11.3 Å². The van der Waals surface area contributed by atoms with Crippen LogP contribution >= 0.6 is 11.3 Å². The number of carbonyl (C=O) groups is 1. The molecule has 136 valence electrons. The van der Waals surface area contributed by atoms with Crippen molar-refractivity contribution in [3.63, 3.8) is 0 Å². The first-order chi connectivity index (χ1) is 12.1. The summed E-state index contributed by atoms with van der Waals surface area (Å²) in [5.41, 5.74) is 2.08. The number of aryl methyl sites for hydroxylation is 2. The van der Waals surface area contributed by atoms with Crippen molar-refractivity contribution in [2.75, 3.05) is 26.2 Å². The third-order valence-corrected chi connectivity index (χ3v) is 5.77. The van der Waals surface area contributed by atoms with Gasteiger partial charge in [-0.25, -0.2) is 4.98 Å². The van der Waals surface area contributed by atoms with E-state index in [1.165, 1.54) is 0 Å². The quantitative estimate of drug-likeness (QED) is 0.850. The van der Waals surface area contributed by atoms with Crippen LogP contribution in [-0.4, -0.2) is 58.1 Å². The van der Waals surface area contributed by atoms with E-state index < -0.39 is 0 Å². The molecule has 2 aromatic heterocycles. The lowest BCUT2D eigenvalue weighted by atomic mass is 10.1. The predicted molar refractivity (Wildman–Crippen MR) is 96.5 cm³/mol. The summed E-state index contributed by atoms with van der Waals surface area (Å²) >= 11 is 1.60. The molecule has 1 atom stereocenters. The minimum atomic E-state index is 0.127. The van der Waals surface area contributed by atoms with Gasteiger partial charge in [-0.2, -0.15) is 0 Å². The summed E-state index contributed by atoms with van der Waals surface area (Å²) in [6.07, 6.45) is 4.52. The fraction of sp³-hybridized carbons (Fsp3) is 0.556. The molecular formula is C18H25N3O3S. The summed E-state index contributed by atoms with van der Waals surface area (Å²) < 4.78 is 5.14. The summed E-state index contributed by atoms with van der Waals surface area (Å²) in [5.74, 6) is 0.151. The van der Waals surface area contributed by atoms with Crippen LogP contribution in [0.5, 0.6) is 0 Å². The highest BCUT2D eigenvalue weighted by molar-refractivity contribution is 7.11. The molecule has 1 amide bonds. The van der Waals surface area contributed by atoms with Crippen LogP contribution in [0.1, 0.15) is 27.6 Å². The highest BCUT2D eigenvalue weighted by Gasteiger charge is 2.29. The van der Waals surface area contributed by atoms with Crippen LogP contribution in [0, 0.1) is 13.8 Å². The minimum absolute atomic E-state index is 0.127. The van der Waals surface area contributed by atoms with Gasteiger partial charge >= 0.3 is 0 Å². The molecule has 1 aliphatic heterocycles. The van der Waals surface area contributed by atoms with Gasteiger partial charge in [0, 0.05) is 49.3 Å². The molecule has 3 rings (SSSR count). The van der Waals surface area contributed by atoms with Gasteiger partial charge in [0.1, 0.15) is 0 Å². The molecule has 3 heterocycles. The third-order valence-electron chi connectivity index (χ3n) is 4.70. The molecule has 25 heavy (non-hydrogen) atoms. The molecule has 0 spiro atoms. The average molecular weight is 363 g/mol. The number of piperazine rings is 1. The Balaban J connectivity index is 1.62. The molecule has 0 aliphatic carbocycles. The Bertz CT molecular complexity index is 698. The molecule has 7 heteroatoms. The molecule has 0 saturated carbocycles. The van der Waals surface area contributed by atoms with E-state index in [4.69, 9.17) is 4.42 Å². The number of amides is 1. The number of aromatic nitrogens is 1. The largest absolute Gasteiger partial charge is 0.472 e. The maximum Gasteiger partial charge on any atom is 0.227 e. The van der Waals surface area contributed by atoms with E-state index in [1.807, 2.05) is 24.8 Å². The number of furan rings is 1. The van der Waals surface area contributed by atoms with Crippen LogP contribution < -0.4 is 0 Å². The normalized spacial score (nSPS) is 18.7. The number of hydrogen-bond donors (Lipinski definition) is 1. The number of carbonyl (C=O) groups excluding carboxylic acids is 1. The van der Waals surface area contributed by atoms with Gasteiger partial charge in [0.2, 0.25) is 5.91 Å². The second-order valence-corrected chi connectivity index (χ2v) is 7.81. The van der Waals surface area contributed by atoms with E-state index >= 15 is 0 Å². The Labute approximate surface area is 152 Å². The molecule has 0 unspecified atom stereocenters. The molecule has 0 aromatic carbocycles. The topological polar surface area (TPSA) is 69.8 Å². The zero-order chi connectivity index (χ0) is 17.8. The third kappa shape index (κ3) is 4.48. The Morgan fingerprint density at radius 3 is 2.92 bits per heavy atom. The molecule has 2 aromatic rings. The van der Waals surface area contributed by atoms with E-state index in [1.54, 1.807) is 23.9 Å². The standard InChI is InChI=1S/C18H25N3O3S/c1-13-17(25-14(2)19-13)9-18(23)21-6-5-20(16(11-21)3-7-22)10-15-4-8-24-12-15/h4,8,12,16,22H,3,5-7,9-11H2,1-2H3/t16-/m1/s1. The molecular weight excluding hydrogens is 338 g/mol. The maximum absolute atomic E-state index is 12.7. The summed E-state index contributed by atoms with van der Waals surface area (Å²) in [5, 5.41) is 10.4. The van der Waals surface area contributed by atoms with Gasteiger partial charge in [-0.3, -0.25) is 9.69 Å². The summed E-state index contributed by atoms with van der Waals surface area (Å²) in [6.45, 7) is 7.03. The Kier molecular flexibility index (Phi) is 5.88. The molecule has 1 saturated heterocycles. The number of rotatable bonds is 6. The van der Waals surface area contributed by atoms with Crippen molar-refractivity contribution < 1.29 is 14.3 Å². The van der Waals surface area contributed by atoms with Gasteiger partial charge in [0.25, 0.3) is 0 Å². The molecule has 1 aliphatic rings. The summed E-state index contributed by atoms with van der Waals surface area (Å²) in [6, 6.07) is 2.13. The molecule has 6 nitrogen and oxygen atoms in total. The SMILES string of the molecule is Cc1nc(C)c(CC(=O)N2CCN(Cc3ccoc3)[C@H](CCO)C2)s1. The van der Waals surface area contributed by atoms with Gasteiger partial charge in [0.15, 0.2) is 0 Å². The van der Waals surface area contributed by atoms with E-state index in [0.29, 0.717) is 19.4 Å². The molecule has 0 bridgehead atoms. The van der Waals surface area contributed by atoms with Crippen molar-refractivity contribution >= 4 is 17.2 Å². The van der Waals surface area contributed by atoms with Crippen molar-refractivity contribution in [2.45, 2.75) is 39.3 Å². The monoisotopic (exact) mass is 363 g/mol. The lowest BCUT2D eigenvalue weighted by Crippen LogP contribution is -2.54. The van der Waals surface area contributed by atoms with Crippen LogP contribution in [0.15, 0.2) is 23.0 Å². The van der Waals surface area contributed by atoms with Crippen LogP contribution in [0.2, 0.25) is 0 Å². The first-order valence-corrected chi connectivity index (χ1v) is 9.45. The highest BCUT2D eigenvalue weighted by atomic mass is 32.1.